The topological polar surface area (TPSA) is 52.8 Å². The van der Waals surface area contributed by atoms with Crippen molar-refractivity contribution in [3.05, 3.63) is 29.3 Å². The minimum absolute atomic E-state index is 0.536. The van der Waals surface area contributed by atoms with Crippen LogP contribution in [0.2, 0.25) is 0 Å². The molecule has 3 rings (SSSR count). The molecule has 0 atom stereocenters. The van der Waals surface area contributed by atoms with Crippen LogP contribution >= 0.6 is 11.8 Å². The van der Waals surface area contributed by atoms with Gasteiger partial charge in [-0.05, 0) is 66.8 Å². The van der Waals surface area contributed by atoms with Gasteiger partial charge in [0.1, 0.15) is 5.75 Å². The number of hydrogen-bond acceptors (Lipinski definition) is 5. The SMILES string of the molecule is Cc1cc(C)cc(OCCCSc2nnnn2C2CC2)c1. The minimum Gasteiger partial charge on any atom is -0.494 e. The van der Waals surface area contributed by atoms with E-state index in [-0.39, 0.29) is 0 Å². The molecule has 0 radical (unpaired) electrons. The Kier molecular flexibility index (Phi) is 4.43. The van der Waals surface area contributed by atoms with Gasteiger partial charge in [0, 0.05) is 5.75 Å². The van der Waals surface area contributed by atoms with E-state index in [1.807, 2.05) is 4.68 Å². The molecule has 0 spiro atoms. The van der Waals surface area contributed by atoms with Gasteiger partial charge in [-0.2, -0.15) is 0 Å². The lowest BCUT2D eigenvalue weighted by molar-refractivity contribution is 0.318. The van der Waals surface area contributed by atoms with Crippen molar-refractivity contribution in [2.45, 2.75) is 44.3 Å². The van der Waals surface area contributed by atoms with Crippen LogP contribution in [0.5, 0.6) is 5.75 Å². The van der Waals surface area contributed by atoms with Crippen LogP contribution in [0.4, 0.5) is 0 Å². The highest BCUT2D eigenvalue weighted by atomic mass is 32.2. The van der Waals surface area contributed by atoms with E-state index in [9.17, 15) is 0 Å². The van der Waals surface area contributed by atoms with Gasteiger partial charge in [-0.15, -0.1) is 5.10 Å². The number of tetrazole rings is 1. The molecule has 0 aliphatic heterocycles. The first kappa shape index (κ1) is 14.4. The fraction of sp³-hybridized carbons (Fsp3) is 0.533. The van der Waals surface area contributed by atoms with Crippen molar-refractivity contribution in [3.8, 4) is 5.75 Å². The van der Waals surface area contributed by atoms with Crippen molar-refractivity contribution in [1.29, 1.82) is 0 Å². The molecular weight excluding hydrogens is 284 g/mol. The van der Waals surface area contributed by atoms with Gasteiger partial charge < -0.3 is 4.74 Å². The first-order valence-electron chi connectivity index (χ1n) is 7.34. The van der Waals surface area contributed by atoms with Crippen LogP contribution in [-0.4, -0.2) is 32.6 Å². The van der Waals surface area contributed by atoms with Crippen molar-refractivity contribution in [3.63, 3.8) is 0 Å². The maximum absolute atomic E-state index is 5.81. The summed E-state index contributed by atoms with van der Waals surface area (Å²) >= 11 is 1.71. The van der Waals surface area contributed by atoms with E-state index in [1.54, 1.807) is 11.8 Å². The summed E-state index contributed by atoms with van der Waals surface area (Å²) in [5.41, 5.74) is 2.48. The summed E-state index contributed by atoms with van der Waals surface area (Å²) in [6.07, 6.45) is 3.39. The Balaban J connectivity index is 1.41. The summed E-state index contributed by atoms with van der Waals surface area (Å²) < 4.78 is 7.76. The molecule has 0 saturated heterocycles. The molecule has 0 unspecified atom stereocenters. The van der Waals surface area contributed by atoms with Gasteiger partial charge in [-0.3, -0.25) is 0 Å². The molecule has 1 fully saturated rings. The Hall–Kier alpha value is -1.56. The Morgan fingerprint density at radius 1 is 1.24 bits per heavy atom. The highest BCUT2D eigenvalue weighted by Crippen LogP contribution is 2.36. The van der Waals surface area contributed by atoms with Crippen LogP contribution in [0.1, 0.15) is 36.4 Å². The number of aryl methyl sites for hydroxylation is 2. The first-order chi connectivity index (χ1) is 10.2. The predicted octanol–water partition coefficient (Wildman–Crippen LogP) is 3.19. The average molecular weight is 304 g/mol. The van der Waals surface area contributed by atoms with Crippen molar-refractivity contribution >= 4 is 11.8 Å². The zero-order valence-electron chi connectivity index (χ0n) is 12.5. The van der Waals surface area contributed by atoms with E-state index < -0.39 is 0 Å². The van der Waals surface area contributed by atoms with Crippen LogP contribution in [0.25, 0.3) is 0 Å². The van der Waals surface area contributed by atoms with E-state index >= 15 is 0 Å². The molecule has 1 heterocycles. The molecule has 1 saturated carbocycles. The smallest absolute Gasteiger partial charge is 0.209 e. The second-order valence-corrected chi connectivity index (χ2v) is 6.57. The quantitative estimate of drug-likeness (QED) is 0.581. The maximum atomic E-state index is 5.81. The van der Waals surface area contributed by atoms with Gasteiger partial charge in [0.2, 0.25) is 5.16 Å². The Morgan fingerprint density at radius 2 is 2.00 bits per heavy atom. The standard InChI is InChI=1S/C15H20N4OS/c1-11-8-12(2)10-14(9-11)20-6-3-7-21-15-16-17-18-19(15)13-4-5-13/h8-10,13H,3-7H2,1-2H3. The van der Waals surface area contributed by atoms with Crippen molar-refractivity contribution in [2.24, 2.45) is 0 Å². The van der Waals surface area contributed by atoms with E-state index in [2.05, 4.69) is 47.6 Å². The van der Waals surface area contributed by atoms with E-state index in [1.165, 1.54) is 24.0 Å². The van der Waals surface area contributed by atoms with E-state index in [0.29, 0.717) is 6.04 Å². The number of ether oxygens (including phenoxy) is 1. The molecule has 1 aliphatic carbocycles. The van der Waals surface area contributed by atoms with Crippen molar-refractivity contribution in [2.75, 3.05) is 12.4 Å². The third-order valence-corrected chi connectivity index (χ3v) is 4.36. The molecule has 5 nitrogen and oxygen atoms in total. The lowest BCUT2D eigenvalue weighted by atomic mass is 10.1. The summed E-state index contributed by atoms with van der Waals surface area (Å²) in [5.74, 6) is 1.93. The molecule has 1 aromatic carbocycles. The molecule has 21 heavy (non-hydrogen) atoms. The van der Waals surface area contributed by atoms with Crippen LogP contribution in [-0.2, 0) is 0 Å². The second-order valence-electron chi connectivity index (χ2n) is 5.51. The minimum atomic E-state index is 0.536. The number of benzene rings is 1. The number of rotatable bonds is 7. The van der Waals surface area contributed by atoms with Crippen molar-refractivity contribution in [1.82, 2.24) is 20.2 Å². The molecule has 6 heteroatoms. The largest absolute Gasteiger partial charge is 0.494 e. The lowest BCUT2D eigenvalue weighted by Gasteiger charge is -2.08. The maximum Gasteiger partial charge on any atom is 0.209 e. The average Bonchev–Trinajstić information content (AvgIpc) is 3.17. The Labute approximate surface area is 129 Å². The molecule has 1 aliphatic rings. The van der Waals surface area contributed by atoms with Gasteiger partial charge in [-0.1, -0.05) is 17.8 Å². The van der Waals surface area contributed by atoms with Crippen LogP contribution in [0.3, 0.4) is 0 Å². The summed E-state index contributed by atoms with van der Waals surface area (Å²) in [4.78, 5) is 0. The monoisotopic (exact) mass is 304 g/mol. The molecule has 0 N–H and O–H groups in total. The highest BCUT2D eigenvalue weighted by molar-refractivity contribution is 7.99. The van der Waals surface area contributed by atoms with Gasteiger partial charge in [-0.25, -0.2) is 4.68 Å². The van der Waals surface area contributed by atoms with E-state index in [0.717, 1.165) is 29.7 Å². The first-order valence-corrected chi connectivity index (χ1v) is 8.33. The van der Waals surface area contributed by atoms with Crippen LogP contribution in [0.15, 0.2) is 23.4 Å². The molecule has 0 amide bonds. The molecule has 2 aromatic rings. The van der Waals surface area contributed by atoms with Gasteiger partial charge >= 0.3 is 0 Å². The number of hydrogen-bond donors (Lipinski definition) is 0. The summed E-state index contributed by atoms with van der Waals surface area (Å²) in [5, 5.41) is 12.8. The fourth-order valence-electron chi connectivity index (χ4n) is 2.26. The number of aromatic nitrogens is 4. The lowest BCUT2D eigenvalue weighted by Crippen LogP contribution is -2.02. The number of nitrogens with zero attached hydrogens (tertiary/aromatic N) is 4. The summed E-state index contributed by atoms with van der Waals surface area (Å²) in [7, 11) is 0. The second kappa shape index (κ2) is 6.47. The van der Waals surface area contributed by atoms with Crippen molar-refractivity contribution < 1.29 is 4.74 Å². The predicted molar refractivity (Wildman–Crippen MR) is 82.8 cm³/mol. The third-order valence-electron chi connectivity index (χ3n) is 3.34. The third kappa shape index (κ3) is 3.97. The fourth-order valence-corrected chi connectivity index (χ4v) is 3.11. The van der Waals surface area contributed by atoms with E-state index in [4.69, 9.17) is 4.74 Å². The van der Waals surface area contributed by atoms with Gasteiger partial charge in [0.15, 0.2) is 0 Å². The van der Waals surface area contributed by atoms with Gasteiger partial charge in [0.05, 0.1) is 12.6 Å². The zero-order chi connectivity index (χ0) is 14.7. The zero-order valence-corrected chi connectivity index (χ0v) is 13.3. The molecule has 0 bridgehead atoms. The molecular formula is C15H20N4OS. The molecule has 112 valence electrons. The van der Waals surface area contributed by atoms with Crippen LogP contribution in [0, 0.1) is 13.8 Å². The summed E-state index contributed by atoms with van der Waals surface area (Å²) in [6.45, 7) is 4.90. The highest BCUT2D eigenvalue weighted by Gasteiger charge is 2.27. The normalized spacial score (nSPS) is 14.4. The Bertz CT molecular complexity index is 589. The Morgan fingerprint density at radius 3 is 2.71 bits per heavy atom. The molecule has 1 aromatic heterocycles. The van der Waals surface area contributed by atoms with Crippen LogP contribution < -0.4 is 4.74 Å². The summed E-state index contributed by atoms with van der Waals surface area (Å²) in [6, 6.07) is 6.84. The van der Waals surface area contributed by atoms with Gasteiger partial charge in [0.25, 0.3) is 0 Å². The number of thioether (sulfide) groups is 1.